The summed E-state index contributed by atoms with van der Waals surface area (Å²) in [5, 5.41) is 10.2. The Labute approximate surface area is 118 Å². The normalized spacial score (nSPS) is 19.2. The summed E-state index contributed by atoms with van der Waals surface area (Å²) in [5.41, 5.74) is 0.845. The summed E-state index contributed by atoms with van der Waals surface area (Å²) in [5.74, 6) is 0.747. The van der Waals surface area contributed by atoms with Gasteiger partial charge in [0.25, 0.3) is 0 Å². The molecule has 2 heterocycles. The number of guanidine groups is 1. The Balaban J connectivity index is 1.52. The molecule has 7 heteroatoms. The molecule has 0 bridgehead atoms. The quantitative estimate of drug-likeness (QED) is 0.431. The van der Waals surface area contributed by atoms with Crippen LogP contribution in [0.4, 0.5) is 0 Å². The molecule has 1 aromatic rings. The van der Waals surface area contributed by atoms with Crippen molar-refractivity contribution in [1.82, 2.24) is 15.8 Å². The topological polar surface area (TPSA) is 80.9 Å². The van der Waals surface area contributed by atoms with Crippen LogP contribution in [0.1, 0.15) is 18.5 Å². The highest BCUT2D eigenvalue weighted by Crippen LogP contribution is 2.07. The van der Waals surface area contributed by atoms with Gasteiger partial charge in [-0.05, 0) is 12.8 Å². The highest BCUT2D eigenvalue weighted by molar-refractivity contribution is 5.79. The van der Waals surface area contributed by atoms with E-state index in [1.54, 1.807) is 13.3 Å². The Kier molecular flexibility index (Phi) is 6.33. The van der Waals surface area contributed by atoms with Gasteiger partial charge in [-0.1, -0.05) is 5.16 Å². The van der Waals surface area contributed by atoms with Gasteiger partial charge in [0.1, 0.15) is 12.0 Å². The van der Waals surface area contributed by atoms with Crippen molar-refractivity contribution < 1.29 is 14.0 Å². The van der Waals surface area contributed by atoms with Crippen LogP contribution in [0.15, 0.2) is 21.8 Å². The second kappa shape index (κ2) is 8.55. The molecule has 2 N–H and O–H groups in total. The van der Waals surface area contributed by atoms with E-state index in [4.69, 9.17) is 14.0 Å². The number of rotatable bonds is 7. The van der Waals surface area contributed by atoms with Gasteiger partial charge in [-0.2, -0.15) is 0 Å². The van der Waals surface area contributed by atoms with Crippen molar-refractivity contribution in [2.24, 2.45) is 4.99 Å². The number of aliphatic imine (C=N–C) groups is 1. The van der Waals surface area contributed by atoms with Gasteiger partial charge in [-0.15, -0.1) is 0 Å². The van der Waals surface area contributed by atoms with Crippen LogP contribution in [-0.2, 0) is 16.0 Å². The second-order valence-corrected chi connectivity index (χ2v) is 4.55. The lowest BCUT2D eigenvalue weighted by atomic mass is 10.3. The van der Waals surface area contributed by atoms with Gasteiger partial charge in [0.15, 0.2) is 5.96 Å². The number of nitrogens with one attached hydrogen (secondary N) is 2. The largest absolute Gasteiger partial charge is 0.379 e. The maximum absolute atomic E-state index is 5.69. The van der Waals surface area contributed by atoms with Gasteiger partial charge < -0.3 is 24.6 Å². The minimum atomic E-state index is 0.277. The van der Waals surface area contributed by atoms with E-state index in [0.717, 1.165) is 50.9 Å². The fourth-order valence-corrected chi connectivity index (χ4v) is 1.90. The zero-order chi connectivity index (χ0) is 14.0. The summed E-state index contributed by atoms with van der Waals surface area (Å²) in [4.78, 5) is 4.14. The first-order valence-corrected chi connectivity index (χ1v) is 6.91. The molecule has 0 saturated carbocycles. The Morgan fingerprint density at radius 3 is 3.20 bits per heavy atom. The molecular formula is C13H22N4O3. The molecule has 0 aliphatic carbocycles. The summed E-state index contributed by atoms with van der Waals surface area (Å²) in [6, 6.07) is 1.82. The molecule has 2 rings (SSSR count). The van der Waals surface area contributed by atoms with Gasteiger partial charge in [0, 0.05) is 32.9 Å². The molecule has 1 atom stereocenters. The van der Waals surface area contributed by atoms with Crippen molar-refractivity contribution in [3.05, 3.63) is 18.0 Å². The van der Waals surface area contributed by atoms with Gasteiger partial charge in [-0.25, -0.2) is 0 Å². The molecule has 1 aliphatic rings. The Bertz CT molecular complexity index is 388. The van der Waals surface area contributed by atoms with E-state index in [2.05, 4.69) is 20.8 Å². The monoisotopic (exact) mass is 282 g/mol. The fourth-order valence-electron chi connectivity index (χ4n) is 1.90. The van der Waals surface area contributed by atoms with E-state index >= 15 is 0 Å². The van der Waals surface area contributed by atoms with Crippen LogP contribution in [0.5, 0.6) is 0 Å². The molecule has 0 spiro atoms. The molecule has 20 heavy (non-hydrogen) atoms. The third-order valence-corrected chi connectivity index (χ3v) is 3.01. The Hall–Kier alpha value is -1.60. The van der Waals surface area contributed by atoms with Gasteiger partial charge in [0.2, 0.25) is 0 Å². The number of hydrogen-bond donors (Lipinski definition) is 2. The summed E-state index contributed by atoms with van der Waals surface area (Å²) in [6.45, 7) is 3.69. The van der Waals surface area contributed by atoms with Crippen molar-refractivity contribution in [2.75, 3.05) is 33.4 Å². The first kappa shape index (κ1) is 14.8. The first-order chi connectivity index (χ1) is 9.88. The maximum Gasteiger partial charge on any atom is 0.191 e. The average molecular weight is 282 g/mol. The van der Waals surface area contributed by atoms with Crippen molar-refractivity contribution in [3.8, 4) is 0 Å². The standard InChI is InChI=1S/C13H22N4O3/c1-14-13(16-9-11-3-8-20-17-11)15-5-2-6-19-12-4-7-18-10-12/h3,8,12H,2,4-7,9-10H2,1H3,(H2,14,15,16). The highest BCUT2D eigenvalue weighted by atomic mass is 16.5. The molecule has 0 aromatic carbocycles. The average Bonchev–Trinajstić information content (AvgIpc) is 3.14. The molecule has 7 nitrogen and oxygen atoms in total. The minimum Gasteiger partial charge on any atom is -0.379 e. The summed E-state index contributed by atoms with van der Waals surface area (Å²) >= 11 is 0. The van der Waals surface area contributed by atoms with Crippen molar-refractivity contribution in [2.45, 2.75) is 25.5 Å². The number of hydrogen-bond acceptors (Lipinski definition) is 5. The number of ether oxygens (including phenoxy) is 2. The van der Waals surface area contributed by atoms with Crippen LogP contribution < -0.4 is 10.6 Å². The zero-order valence-corrected chi connectivity index (χ0v) is 11.8. The van der Waals surface area contributed by atoms with Crippen molar-refractivity contribution in [1.29, 1.82) is 0 Å². The lowest BCUT2D eigenvalue weighted by Gasteiger charge is -2.12. The van der Waals surface area contributed by atoms with E-state index in [9.17, 15) is 0 Å². The van der Waals surface area contributed by atoms with E-state index < -0.39 is 0 Å². The fraction of sp³-hybridized carbons (Fsp3) is 0.692. The molecular weight excluding hydrogens is 260 g/mol. The summed E-state index contributed by atoms with van der Waals surface area (Å²) < 4.78 is 15.7. The predicted molar refractivity (Wildman–Crippen MR) is 74.5 cm³/mol. The lowest BCUT2D eigenvalue weighted by Crippen LogP contribution is -2.37. The van der Waals surface area contributed by atoms with E-state index in [1.165, 1.54) is 0 Å². The number of aromatic nitrogens is 1. The van der Waals surface area contributed by atoms with Gasteiger partial charge in [-0.3, -0.25) is 4.99 Å². The van der Waals surface area contributed by atoms with Crippen LogP contribution >= 0.6 is 0 Å². The van der Waals surface area contributed by atoms with E-state index in [-0.39, 0.29) is 6.10 Å². The SMILES string of the molecule is CN=C(NCCCOC1CCOC1)NCc1ccon1. The van der Waals surface area contributed by atoms with E-state index in [1.807, 2.05) is 6.07 Å². The predicted octanol–water partition coefficient (Wildman–Crippen LogP) is 0.535. The number of nitrogens with zero attached hydrogens (tertiary/aromatic N) is 2. The van der Waals surface area contributed by atoms with Crippen LogP contribution in [0.3, 0.4) is 0 Å². The Morgan fingerprint density at radius 1 is 1.55 bits per heavy atom. The molecule has 112 valence electrons. The van der Waals surface area contributed by atoms with E-state index in [0.29, 0.717) is 6.54 Å². The second-order valence-electron chi connectivity index (χ2n) is 4.55. The van der Waals surface area contributed by atoms with Crippen LogP contribution in [-0.4, -0.2) is 50.6 Å². The van der Waals surface area contributed by atoms with Gasteiger partial charge in [0.05, 0.1) is 19.3 Å². The lowest BCUT2D eigenvalue weighted by molar-refractivity contribution is 0.0420. The van der Waals surface area contributed by atoms with Crippen molar-refractivity contribution >= 4 is 5.96 Å². The van der Waals surface area contributed by atoms with Crippen LogP contribution in [0.2, 0.25) is 0 Å². The Morgan fingerprint density at radius 2 is 2.50 bits per heavy atom. The molecule has 0 radical (unpaired) electrons. The van der Waals surface area contributed by atoms with Gasteiger partial charge >= 0.3 is 0 Å². The third kappa shape index (κ3) is 5.18. The molecule has 1 aliphatic heterocycles. The minimum absolute atomic E-state index is 0.277. The third-order valence-electron chi connectivity index (χ3n) is 3.01. The molecule has 0 amide bonds. The first-order valence-electron chi connectivity index (χ1n) is 6.91. The zero-order valence-electron chi connectivity index (χ0n) is 11.8. The molecule has 1 fully saturated rings. The van der Waals surface area contributed by atoms with Crippen LogP contribution in [0, 0.1) is 0 Å². The molecule has 1 unspecified atom stereocenters. The molecule has 1 aromatic heterocycles. The smallest absolute Gasteiger partial charge is 0.191 e. The summed E-state index contributed by atoms with van der Waals surface area (Å²) in [6.07, 6.45) is 3.77. The highest BCUT2D eigenvalue weighted by Gasteiger charge is 2.15. The van der Waals surface area contributed by atoms with Crippen molar-refractivity contribution in [3.63, 3.8) is 0 Å². The van der Waals surface area contributed by atoms with Crippen LogP contribution in [0.25, 0.3) is 0 Å². The maximum atomic E-state index is 5.69. The summed E-state index contributed by atoms with van der Waals surface area (Å²) in [7, 11) is 1.74. The molecule has 1 saturated heterocycles.